The molecule has 162 valence electrons. The molecule has 0 spiro atoms. The van der Waals surface area contributed by atoms with Gasteiger partial charge in [0.15, 0.2) is 0 Å². The number of amides is 1. The number of carbonyl (C=O) groups is 1. The van der Waals surface area contributed by atoms with Gasteiger partial charge in [0.1, 0.15) is 12.4 Å². The fourth-order valence-corrected chi connectivity index (χ4v) is 3.85. The summed E-state index contributed by atoms with van der Waals surface area (Å²) in [5.74, 6) is 0.841. The highest BCUT2D eigenvalue weighted by molar-refractivity contribution is 6.32. The first-order chi connectivity index (χ1) is 14.6. The van der Waals surface area contributed by atoms with Gasteiger partial charge in [-0.2, -0.15) is 0 Å². The van der Waals surface area contributed by atoms with Crippen LogP contribution in [-0.4, -0.2) is 73.0 Å². The van der Waals surface area contributed by atoms with E-state index < -0.39 is 0 Å². The number of carbonyl (C=O) groups excluding carboxylic acids is 1. The Morgan fingerprint density at radius 3 is 2.30 bits per heavy atom. The molecule has 0 radical (unpaired) electrons. The van der Waals surface area contributed by atoms with Gasteiger partial charge in [0, 0.05) is 44.8 Å². The summed E-state index contributed by atoms with van der Waals surface area (Å²) in [4.78, 5) is 19.5. The van der Waals surface area contributed by atoms with Crippen LogP contribution in [0.1, 0.15) is 29.8 Å². The zero-order chi connectivity index (χ0) is 21.3. The van der Waals surface area contributed by atoms with E-state index in [-0.39, 0.29) is 5.91 Å². The summed E-state index contributed by atoms with van der Waals surface area (Å²) >= 11 is 6.12. The first-order valence-electron chi connectivity index (χ1n) is 10.8. The van der Waals surface area contributed by atoms with Crippen molar-refractivity contribution < 1.29 is 9.53 Å². The zero-order valence-electron chi connectivity index (χ0n) is 18.0. The van der Waals surface area contributed by atoms with Gasteiger partial charge in [-0.25, -0.2) is 0 Å². The number of halogens is 1. The molecule has 3 rings (SSSR count). The lowest BCUT2D eigenvalue weighted by Crippen LogP contribution is -2.49. The molecule has 1 heterocycles. The molecule has 0 N–H and O–H groups in total. The molecule has 0 aromatic heterocycles. The van der Waals surface area contributed by atoms with Gasteiger partial charge in [0.25, 0.3) is 5.91 Å². The van der Waals surface area contributed by atoms with Gasteiger partial charge >= 0.3 is 0 Å². The van der Waals surface area contributed by atoms with E-state index >= 15 is 0 Å². The maximum atomic E-state index is 12.8. The van der Waals surface area contributed by atoms with E-state index in [1.54, 1.807) is 0 Å². The molecule has 30 heavy (non-hydrogen) atoms. The second-order valence-electron chi connectivity index (χ2n) is 7.57. The minimum absolute atomic E-state index is 0.122. The summed E-state index contributed by atoms with van der Waals surface area (Å²) in [6.45, 7) is 12.0. The maximum Gasteiger partial charge on any atom is 0.253 e. The van der Waals surface area contributed by atoms with Crippen molar-refractivity contribution in [1.29, 1.82) is 0 Å². The average Bonchev–Trinajstić information content (AvgIpc) is 2.79. The number of hydrogen-bond donors (Lipinski definition) is 0. The predicted octanol–water partition coefficient (Wildman–Crippen LogP) is 4.02. The van der Waals surface area contributed by atoms with E-state index in [2.05, 4.69) is 35.8 Å². The number of rotatable bonds is 9. The van der Waals surface area contributed by atoms with E-state index in [1.165, 1.54) is 5.56 Å². The maximum absolute atomic E-state index is 12.8. The molecule has 1 aliphatic rings. The smallest absolute Gasteiger partial charge is 0.253 e. The topological polar surface area (TPSA) is 36.0 Å². The molecule has 5 nitrogen and oxygen atoms in total. The number of piperazine rings is 1. The van der Waals surface area contributed by atoms with Crippen LogP contribution in [0, 0.1) is 0 Å². The van der Waals surface area contributed by atoms with Crippen molar-refractivity contribution in [3.8, 4) is 5.75 Å². The zero-order valence-corrected chi connectivity index (χ0v) is 18.8. The first-order valence-corrected chi connectivity index (χ1v) is 11.2. The number of nitrogens with zero attached hydrogens (tertiary/aromatic N) is 3. The van der Waals surface area contributed by atoms with Gasteiger partial charge in [-0.3, -0.25) is 14.6 Å². The summed E-state index contributed by atoms with van der Waals surface area (Å²) in [5.41, 5.74) is 2.02. The average molecular weight is 430 g/mol. The van der Waals surface area contributed by atoms with Crippen molar-refractivity contribution in [1.82, 2.24) is 14.7 Å². The van der Waals surface area contributed by atoms with Crippen molar-refractivity contribution in [3.05, 3.63) is 64.7 Å². The van der Waals surface area contributed by atoms with Crippen molar-refractivity contribution in [2.75, 3.05) is 52.4 Å². The molecule has 6 heteroatoms. The lowest BCUT2D eigenvalue weighted by Gasteiger charge is -2.34. The van der Waals surface area contributed by atoms with Crippen LogP contribution in [-0.2, 0) is 6.54 Å². The molecule has 1 aliphatic heterocycles. The predicted molar refractivity (Wildman–Crippen MR) is 122 cm³/mol. The largest absolute Gasteiger partial charge is 0.491 e. The first kappa shape index (κ1) is 22.6. The molecule has 2 aromatic rings. The summed E-state index contributed by atoms with van der Waals surface area (Å²) in [5, 5.41) is 0.635. The Bertz CT molecular complexity index is 800. The molecule has 0 atom stereocenters. The fourth-order valence-electron chi connectivity index (χ4n) is 3.66. The number of para-hydroxylation sites is 1. The van der Waals surface area contributed by atoms with E-state index in [0.717, 1.165) is 63.7 Å². The van der Waals surface area contributed by atoms with Gasteiger partial charge in [0.05, 0.1) is 5.02 Å². The molecule has 2 aromatic carbocycles. The summed E-state index contributed by atoms with van der Waals surface area (Å²) in [6, 6.07) is 15.6. The van der Waals surface area contributed by atoms with E-state index in [9.17, 15) is 4.79 Å². The Kier molecular flexibility index (Phi) is 8.55. The van der Waals surface area contributed by atoms with E-state index in [0.29, 0.717) is 11.6 Å². The van der Waals surface area contributed by atoms with Crippen molar-refractivity contribution in [2.45, 2.75) is 20.4 Å². The van der Waals surface area contributed by atoms with Crippen LogP contribution in [0.15, 0.2) is 48.5 Å². The van der Waals surface area contributed by atoms with Gasteiger partial charge in [-0.05, 0) is 42.9 Å². The molecule has 0 unspecified atom stereocenters. The van der Waals surface area contributed by atoms with Gasteiger partial charge < -0.3 is 9.64 Å². The Balaban J connectivity index is 1.43. The highest BCUT2D eigenvalue weighted by Crippen LogP contribution is 2.23. The van der Waals surface area contributed by atoms with Crippen LogP contribution in [0.5, 0.6) is 5.75 Å². The molecule has 1 fully saturated rings. The third-order valence-electron chi connectivity index (χ3n) is 5.66. The van der Waals surface area contributed by atoms with Crippen LogP contribution in [0.25, 0.3) is 0 Å². The number of hydrogen-bond acceptors (Lipinski definition) is 4. The number of benzene rings is 2. The van der Waals surface area contributed by atoms with Gasteiger partial charge in [0.2, 0.25) is 0 Å². The van der Waals surface area contributed by atoms with E-state index in [4.69, 9.17) is 16.3 Å². The fraction of sp³-hybridized carbons (Fsp3) is 0.458. The van der Waals surface area contributed by atoms with Crippen molar-refractivity contribution in [3.63, 3.8) is 0 Å². The van der Waals surface area contributed by atoms with Crippen LogP contribution in [0.4, 0.5) is 0 Å². The second-order valence-corrected chi connectivity index (χ2v) is 7.98. The van der Waals surface area contributed by atoms with Crippen molar-refractivity contribution >= 4 is 17.5 Å². The lowest BCUT2D eigenvalue weighted by atomic mass is 10.1. The third-order valence-corrected chi connectivity index (χ3v) is 5.97. The second kappa shape index (κ2) is 11.3. The van der Waals surface area contributed by atoms with Crippen LogP contribution in [0.3, 0.4) is 0 Å². The summed E-state index contributed by atoms with van der Waals surface area (Å²) in [7, 11) is 0. The summed E-state index contributed by atoms with van der Waals surface area (Å²) in [6.07, 6.45) is 0. The molecular formula is C24H32ClN3O2. The van der Waals surface area contributed by atoms with Crippen molar-refractivity contribution in [2.24, 2.45) is 0 Å². The molecule has 1 amide bonds. The molecular weight excluding hydrogens is 398 g/mol. The Hall–Kier alpha value is -2.08. The normalized spacial score (nSPS) is 14.9. The third kappa shape index (κ3) is 6.21. The standard InChI is InChI=1S/C24H32ClN3O2/c1-3-26(4-2)19-20-9-11-21(12-10-20)24(29)28-15-13-27(14-16-28)17-18-30-23-8-6-5-7-22(23)25/h5-12H,3-4,13-19H2,1-2H3. The quantitative estimate of drug-likeness (QED) is 0.603. The molecule has 0 saturated carbocycles. The van der Waals surface area contributed by atoms with E-state index in [1.807, 2.05) is 41.3 Å². The minimum atomic E-state index is 0.122. The SMILES string of the molecule is CCN(CC)Cc1ccc(C(=O)N2CCN(CCOc3ccccc3Cl)CC2)cc1. The monoisotopic (exact) mass is 429 g/mol. The highest BCUT2D eigenvalue weighted by atomic mass is 35.5. The lowest BCUT2D eigenvalue weighted by molar-refractivity contribution is 0.0620. The van der Waals surface area contributed by atoms with Crippen LogP contribution < -0.4 is 4.74 Å². The highest BCUT2D eigenvalue weighted by Gasteiger charge is 2.22. The molecule has 0 aliphatic carbocycles. The Morgan fingerprint density at radius 2 is 1.67 bits per heavy atom. The molecule has 0 bridgehead atoms. The summed E-state index contributed by atoms with van der Waals surface area (Å²) < 4.78 is 5.78. The van der Waals surface area contributed by atoms with Gasteiger partial charge in [-0.15, -0.1) is 0 Å². The Morgan fingerprint density at radius 1 is 1.00 bits per heavy atom. The Labute approximate surface area is 185 Å². The minimum Gasteiger partial charge on any atom is -0.491 e. The molecule has 1 saturated heterocycles. The van der Waals surface area contributed by atoms with Crippen LogP contribution >= 0.6 is 11.6 Å². The van der Waals surface area contributed by atoms with Gasteiger partial charge in [-0.1, -0.05) is 49.7 Å². The number of ether oxygens (including phenoxy) is 1. The van der Waals surface area contributed by atoms with Crippen LogP contribution in [0.2, 0.25) is 5.02 Å².